The van der Waals surface area contributed by atoms with Crippen molar-refractivity contribution in [2.24, 2.45) is 0 Å². The van der Waals surface area contributed by atoms with Crippen LogP contribution in [0.4, 0.5) is 0 Å². The number of amides is 1. The first-order valence-corrected chi connectivity index (χ1v) is 10.2. The van der Waals surface area contributed by atoms with Gasteiger partial charge in [0.25, 0.3) is 5.91 Å². The first-order valence-electron chi connectivity index (χ1n) is 8.74. The second kappa shape index (κ2) is 9.68. The molecule has 0 heterocycles. The number of sulfonamides is 1. The van der Waals surface area contributed by atoms with Gasteiger partial charge in [-0.2, -0.15) is 4.31 Å². The third-order valence-electron chi connectivity index (χ3n) is 4.13. The molecule has 1 rings (SSSR count). The van der Waals surface area contributed by atoms with Crippen LogP contribution in [0.25, 0.3) is 0 Å². The van der Waals surface area contributed by atoms with E-state index in [4.69, 9.17) is 4.74 Å². The number of ether oxygens (including phenoxy) is 1. The lowest BCUT2D eigenvalue weighted by molar-refractivity contribution is -0.124. The van der Waals surface area contributed by atoms with Crippen LogP contribution in [0.1, 0.15) is 50.0 Å². The van der Waals surface area contributed by atoms with Crippen molar-refractivity contribution < 1.29 is 22.7 Å². The predicted octanol–water partition coefficient (Wildman–Crippen LogP) is 2.10. The molecule has 0 aliphatic heterocycles. The topological polar surface area (TPSA) is 92.8 Å². The van der Waals surface area contributed by atoms with E-state index >= 15 is 0 Å². The molecule has 0 saturated carbocycles. The van der Waals surface area contributed by atoms with Gasteiger partial charge in [-0.3, -0.25) is 4.79 Å². The highest BCUT2D eigenvalue weighted by molar-refractivity contribution is 7.89. The third-order valence-corrected chi connectivity index (χ3v) is 6.17. The molecule has 0 bridgehead atoms. The summed E-state index contributed by atoms with van der Waals surface area (Å²) in [5.41, 5.74) is 0.713. The fraction of sp³-hybridized carbons (Fsp3) is 0.556. The number of carbonyl (C=O) groups excluding carboxylic acids is 2. The van der Waals surface area contributed by atoms with Crippen LogP contribution in [-0.4, -0.2) is 50.3 Å². The molecule has 1 aromatic carbocycles. The molecular weight excluding hydrogens is 356 g/mol. The zero-order chi connectivity index (χ0) is 19.9. The molecule has 1 aromatic rings. The molecule has 0 saturated heterocycles. The first-order chi connectivity index (χ1) is 12.2. The quantitative estimate of drug-likeness (QED) is 0.658. The molecule has 146 valence electrons. The highest BCUT2D eigenvalue weighted by atomic mass is 32.2. The molecular formula is C18H28N2O5S. The number of hydrogen-bond donors (Lipinski definition) is 1. The molecule has 0 aromatic heterocycles. The summed E-state index contributed by atoms with van der Waals surface area (Å²) < 4.78 is 31.6. The Morgan fingerprint density at radius 1 is 1.19 bits per heavy atom. The second-order valence-electron chi connectivity index (χ2n) is 6.02. The summed E-state index contributed by atoms with van der Waals surface area (Å²) in [5, 5.41) is 2.70. The van der Waals surface area contributed by atoms with E-state index in [-0.39, 0.29) is 16.5 Å². The van der Waals surface area contributed by atoms with Gasteiger partial charge in [-0.25, -0.2) is 13.2 Å². The molecule has 0 unspecified atom stereocenters. The Balaban J connectivity index is 2.97. The van der Waals surface area contributed by atoms with E-state index in [1.54, 1.807) is 26.8 Å². The fourth-order valence-electron chi connectivity index (χ4n) is 2.32. The average Bonchev–Trinajstić information content (AvgIpc) is 2.60. The van der Waals surface area contributed by atoms with Crippen molar-refractivity contribution in [3.05, 3.63) is 29.3 Å². The number of hydrogen-bond acceptors (Lipinski definition) is 5. The van der Waals surface area contributed by atoms with Gasteiger partial charge in [0.1, 0.15) is 0 Å². The van der Waals surface area contributed by atoms with Crippen LogP contribution in [0.15, 0.2) is 23.1 Å². The summed E-state index contributed by atoms with van der Waals surface area (Å²) >= 11 is 0. The van der Waals surface area contributed by atoms with Gasteiger partial charge in [-0.1, -0.05) is 26.8 Å². The van der Waals surface area contributed by atoms with Gasteiger partial charge in [-0.05, 0) is 38.0 Å². The number of benzene rings is 1. The van der Waals surface area contributed by atoms with Crippen LogP contribution in [0.5, 0.6) is 0 Å². The van der Waals surface area contributed by atoms with Crippen molar-refractivity contribution in [3.63, 3.8) is 0 Å². The van der Waals surface area contributed by atoms with Crippen LogP contribution in [0, 0.1) is 6.92 Å². The Morgan fingerprint density at radius 3 is 2.35 bits per heavy atom. The molecule has 1 N–H and O–H groups in total. The summed E-state index contributed by atoms with van der Waals surface area (Å²) in [5.74, 6) is -1.12. The zero-order valence-corrected chi connectivity index (χ0v) is 16.9. The minimum absolute atomic E-state index is 0.00882. The van der Waals surface area contributed by atoms with Crippen molar-refractivity contribution in [3.8, 4) is 0 Å². The Kier molecular flexibility index (Phi) is 8.23. The molecule has 0 fully saturated rings. The second-order valence-corrected chi connectivity index (χ2v) is 7.96. The van der Waals surface area contributed by atoms with Gasteiger partial charge in [0, 0.05) is 19.1 Å². The number of rotatable bonds is 9. The van der Waals surface area contributed by atoms with Crippen molar-refractivity contribution in [2.45, 2.75) is 52.0 Å². The molecule has 0 spiro atoms. The highest BCUT2D eigenvalue weighted by Crippen LogP contribution is 2.20. The number of nitrogens with one attached hydrogen (secondary N) is 1. The molecule has 1 amide bonds. The van der Waals surface area contributed by atoms with E-state index in [1.807, 2.05) is 13.8 Å². The Labute approximate surface area is 155 Å². The molecule has 0 aliphatic rings. The summed E-state index contributed by atoms with van der Waals surface area (Å²) in [7, 11) is -3.68. The SMILES string of the molecule is CC[C@H](C)NC(=O)COC(=O)c1cc(S(=O)(=O)N(CC)CC)ccc1C. The van der Waals surface area contributed by atoms with E-state index in [1.165, 1.54) is 16.4 Å². The molecule has 8 heteroatoms. The van der Waals surface area contributed by atoms with Gasteiger partial charge in [0.2, 0.25) is 10.0 Å². The van der Waals surface area contributed by atoms with E-state index < -0.39 is 28.5 Å². The molecule has 1 atom stereocenters. The number of aryl methyl sites for hydroxylation is 1. The largest absolute Gasteiger partial charge is 0.452 e. The van der Waals surface area contributed by atoms with Crippen LogP contribution < -0.4 is 5.32 Å². The van der Waals surface area contributed by atoms with Crippen molar-refractivity contribution >= 4 is 21.9 Å². The highest BCUT2D eigenvalue weighted by Gasteiger charge is 2.24. The Morgan fingerprint density at radius 2 is 1.81 bits per heavy atom. The summed E-state index contributed by atoms with van der Waals surface area (Å²) in [6.07, 6.45) is 0.768. The van der Waals surface area contributed by atoms with Crippen molar-refractivity contribution in [2.75, 3.05) is 19.7 Å². The van der Waals surface area contributed by atoms with Crippen LogP contribution in [-0.2, 0) is 19.6 Å². The third kappa shape index (κ3) is 5.54. The van der Waals surface area contributed by atoms with Gasteiger partial charge in [-0.15, -0.1) is 0 Å². The normalized spacial score (nSPS) is 12.7. The maximum atomic E-state index is 12.6. The lowest BCUT2D eigenvalue weighted by atomic mass is 10.1. The van der Waals surface area contributed by atoms with Gasteiger partial charge in [0.15, 0.2) is 6.61 Å². The molecule has 26 heavy (non-hydrogen) atoms. The summed E-state index contributed by atoms with van der Waals surface area (Å²) in [6.45, 7) is 9.23. The first kappa shape index (κ1) is 22.1. The predicted molar refractivity (Wildman–Crippen MR) is 99.5 cm³/mol. The van der Waals surface area contributed by atoms with Crippen LogP contribution in [0.2, 0.25) is 0 Å². The lowest BCUT2D eigenvalue weighted by Gasteiger charge is -2.19. The zero-order valence-electron chi connectivity index (χ0n) is 16.0. The lowest BCUT2D eigenvalue weighted by Crippen LogP contribution is -2.35. The average molecular weight is 384 g/mol. The van der Waals surface area contributed by atoms with E-state index in [9.17, 15) is 18.0 Å². The summed E-state index contributed by atoms with van der Waals surface area (Å²) in [4.78, 5) is 24.1. The van der Waals surface area contributed by atoms with Crippen LogP contribution >= 0.6 is 0 Å². The minimum atomic E-state index is -3.68. The Bertz CT molecular complexity index is 742. The Hall–Kier alpha value is -1.93. The maximum Gasteiger partial charge on any atom is 0.338 e. The number of carbonyl (C=O) groups is 2. The smallest absolute Gasteiger partial charge is 0.338 e. The minimum Gasteiger partial charge on any atom is -0.452 e. The van der Waals surface area contributed by atoms with Gasteiger partial charge < -0.3 is 10.1 Å². The van der Waals surface area contributed by atoms with Crippen molar-refractivity contribution in [1.29, 1.82) is 0 Å². The molecule has 7 nitrogen and oxygen atoms in total. The standard InChI is InChI=1S/C18H28N2O5S/c1-6-14(5)19-17(21)12-25-18(22)16-11-15(10-9-13(16)4)26(23,24)20(7-2)8-3/h9-11,14H,6-8,12H2,1-5H3,(H,19,21)/t14-/m0/s1. The number of nitrogens with zero attached hydrogens (tertiary/aromatic N) is 1. The van der Waals surface area contributed by atoms with E-state index in [0.717, 1.165) is 6.42 Å². The maximum absolute atomic E-state index is 12.6. The molecule has 0 aliphatic carbocycles. The molecule has 0 radical (unpaired) electrons. The monoisotopic (exact) mass is 384 g/mol. The number of esters is 1. The van der Waals surface area contributed by atoms with E-state index in [0.29, 0.717) is 18.7 Å². The van der Waals surface area contributed by atoms with Gasteiger partial charge >= 0.3 is 5.97 Å². The van der Waals surface area contributed by atoms with E-state index in [2.05, 4.69) is 5.32 Å². The summed E-state index contributed by atoms with van der Waals surface area (Å²) in [6, 6.07) is 4.32. The van der Waals surface area contributed by atoms with Gasteiger partial charge in [0.05, 0.1) is 10.5 Å². The van der Waals surface area contributed by atoms with Crippen molar-refractivity contribution in [1.82, 2.24) is 9.62 Å². The van der Waals surface area contributed by atoms with Crippen LogP contribution in [0.3, 0.4) is 0 Å². The fourth-order valence-corrected chi connectivity index (χ4v) is 3.81.